The van der Waals surface area contributed by atoms with Gasteiger partial charge in [0.25, 0.3) is 23.9 Å². The van der Waals surface area contributed by atoms with Crippen LogP contribution >= 0.6 is 0 Å². The summed E-state index contributed by atoms with van der Waals surface area (Å²) in [5, 5.41) is 90.1. The van der Waals surface area contributed by atoms with Crippen LogP contribution in [0, 0.1) is 0 Å². The molecule has 2 heterocycles. The highest BCUT2D eigenvalue weighted by Gasteiger charge is 2.48. The minimum atomic E-state index is -1.54. The van der Waals surface area contributed by atoms with Gasteiger partial charge in [0.15, 0.2) is 12.6 Å². The topological polar surface area (TPSA) is 412 Å². The standard InChI is InChI=1S/C18H36N4O10.4C2H4O2/c19-3-9-11(23)13(25)15(27)17(31-9)29-7-2-8(6(22)1-5(7)21)30-18-16(28)14(26)12(24)10(4-20)32-18;4*1-2(3)4/h5-18,23-28H,1-4,19-22H2;4*1H3,(H,3,4)/t5-,6-,7-,8-,9-,10+,11-,12+,13+,14-,15-,16+,17+,18-;;;;/m1..../s1. The van der Waals surface area contributed by atoms with Crippen molar-refractivity contribution < 1.29 is 89.2 Å². The van der Waals surface area contributed by atoms with Crippen molar-refractivity contribution in [1.82, 2.24) is 0 Å². The molecule has 3 aliphatic rings. The molecule has 3 rings (SSSR count). The van der Waals surface area contributed by atoms with Crippen LogP contribution in [-0.4, -0.2) is 174 Å². The molecule has 0 amide bonds. The Hall–Kier alpha value is -2.68. The van der Waals surface area contributed by atoms with Gasteiger partial charge >= 0.3 is 0 Å². The van der Waals surface area contributed by atoms with Crippen molar-refractivity contribution in [2.75, 3.05) is 13.1 Å². The smallest absolute Gasteiger partial charge is 0.300 e. The van der Waals surface area contributed by atoms with E-state index in [0.717, 1.165) is 27.7 Å². The zero-order valence-electron chi connectivity index (χ0n) is 27.0. The van der Waals surface area contributed by atoms with Gasteiger partial charge in [0, 0.05) is 59.3 Å². The molecule has 0 aromatic heterocycles. The van der Waals surface area contributed by atoms with Crippen LogP contribution in [0.2, 0.25) is 0 Å². The number of carbonyl (C=O) groups is 4. The van der Waals surface area contributed by atoms with Gasteiger partial charge in [0.05, 0.1) is 12.2 Å². The fourth-order valence-electron chi connectivity index (χ4n) is 4.30. The third kappa shape index (κ3) is 18.2. The van der Waals surface area contributed by atoms with E-state index in [4.69, 9.17) is 81.5 Å². The van der Waals surface area contributed by atoms with E-state index < -0.39 is 110 Å². The maximum Gasteiger partial charge on any atom is 0.300 e. The second kappa shape index (κ2) is 23.6. The number of rotatable bonds is 6. The van der Waals surface area contributed by atoms with Crippen LogP contribution in [0.25, 0.3) is 0 Å². The molecule has 22 nitrogen and oxygen atoms in total. The van der Waals surface area contributed by atoms with Gasteiger partial charge in [0.2, 0.25) is 0 Å². The van der Waals surface area contributed by atoms with Crippen LogP contribution in [-0.2, 0) is 38.1 Å². The molecule has 2 saturated heterocycles. The summed E-state index contributed by atoms with van der Waals surface area (Å²) in [6.45, 7) is 4.12. The van der Waals surface area contributed by atoms with Crippen molar-refractivity contribution in [2.24, 2.45) is 22.9 Å². The van der Waals surface area contributed by atoms with Gasteiger partial charge in [-0.05, 0) is 6.42 Å². The van der Waals surface area contributed by atoms with Crippen molar-refractivity contribution in [1.29, 1.82) is 0 Å². The number of carboxylic acids is 4. The van der Waals surface area contributed by atoms with Crippen LogP contribution in [0.5, 0.6) is 0 Å². The Morgan fingerprint density at radius 2 is 0.792 bits per heavy atom. The SMILES string of the molecule is CC(=O)O.CC(=O)O.CC(=O)O.CC(=O)O.NC[C@@H]1O[C@@H](O[C@@H]2C[C@@H](O[C@H]3O[C@H](CN)[C@@H](O)[C@H](O)[C@H]3O)[C@H](N)C[C@H]2N)[C@@H](O)[C@H](O)[C@H]1O. The molecule has 284 valence electrons. The Balaban J connectivity index is 0. The molecule has 1 saturated carbocycles. The van der Waals surface area contributed by atoms with E-state index in [1.165, 1.54) is 0 Å². The Bertz CT molecular complexity index is 850. The second-order valence-corrected chi connectivity index (χ2v) is 10.7. The lowest BCUT2D eigenvalue weighted by Crippen LogP contribution is -2.64. The van der Waals surface area contributed by atoms with Crippen LogP contribution in [0.1, 0.15) is 40.5 Å². The fraction of sp³-hybridized carbons (Fsp3) is 0.846. The van der Waals surface area contributed by atoms with Crippen molar-refractivity contribution in [2.45, 2.75) is 126 Å². The number of aliphatic carboxylic acids is 4. The molecular weight excluding hydrogens is 656 g/mol. The van der Waals surface area contributed by atoms with Gasteiger partial charge in [-0.1, -0.05) is 0 Å². The van der Waals surface area contributed by atoms with E-state index in [1.54, 1.807) is 0 Å². The summed E-state index contributed by atoms with van der Waals surface area (Å²) in [6.07, 6.45) is -14.5. The van der Waals surface area contributed by atoms with Gasteiger partial charge in [-0.2, -0.15) is 0 Å². The van der Waals surface area contributed by atoms with Crippen LogP contribution in [0.3, 0.4) is 0 Å². The first kappa shape index (κ1) is 47.4. The molecule has 0 bridgehead atoms. The Labute approximate surface area is 275 Å². The average Bonchev–Trinajstić information content (AvgIpc) is 2.94. The minimum Gasteiger partial charge on any atom is -0.481 e. The lowest BCUT2D eigenvalue weighted by atomic mass is 9.86. The molecular formula is C26H52N4O18. The minimum absolute atomic E-state index is 0.106. The van der Waals surface area contributed by atoms with Crippen LogP contribution in [0.15, 0.2) is 0 Å². The van der Waals surface area contributed by atoms with Gasteiger partial charge in [-0.15, -0.1) is 0 Å². The summed E-state index contributed by atoms with van der Waals surface area (Å²) in [7, 11) is 0. The van der Waals surface area contributed by atoms with Crippen LogP contribution in [0.4, 0.5) is 0 Å². The second-order valence-electron chi connectivity index (χ2n) is 10.7. The molecule has 48 heavy (non-hydrogen) atoms. The third-order valence-electron chi connectivity index (χ3n) is 6.38. The number of aliphatic hydroxyl groups is 6. The van der Waals surface area contributed by atoms with Crippen molar-refractivity contribution in [3.8, 4) is 0 Å². The summed E-state index contributed by atoms with van der Waals surface area (Å²) < 4.78 is 22.6. The van der Waals surface area contributed by atoms with Gasteiger partial charge in [-0.3, -0.25) is 19.2 Å². The van der Waals surface area contributed by atoms with Crippen molar-refractivity contribution >= 4 is 23.9 Å². The third-order valence-corrected chi connectivity index (χ3v) is 6.38. The van der Waals surface area contributed by atoms with Crippen molar-refractivity contribution in [3.05, 3.63) is 0 Å². The van der Waals surface area contributed by atoms with E-state index >= 15 is 0 Å². The summed E-state index contributed by atoms with van der Waals surface area (Å²) >= 11 is 0. The lowest BCUT2D eigenvalue weighted by Gasteiger charge is -2.46. The number of ether oxygens (including phenoxy) is 4. The molecule has 0 spiro atoms. The Morgan fingerprint density at radius 3 is 1.02 bits per heavy atom. The number of hydrogen-bond donors (Lipinski definition) is 14. The summed E-state index contributed by atoms with van der Waals surface area (Å²) in [4.78, 5) is 36.0. The molecule has 2 aliphatic heterocycles. The normalized spacial score (nSPS) is 37.2. The fourth-order valence-corrected chi connectivity index (χ4v) is 4.30. The predicted octanol–water partition coefficient (Wildman–Crippen LogP) is -5.90. The van der Waals surface area contributed by atoms with E-state index in [1.807, 2.05) is 0 Å². The van der Waals surface area contributed by atoms with Gasteiger partial charge < -0.3 is 92.9 Å². The highest BCUT2D eigenvalue weighted by molar-refractivity contribution is 5.63. The highest BCUT2D eigenvalue weighted by atomic mass is 16.7. The van der Waals surface area contributed by atoms with Gasteiger partial charge in [-0.25, -0.2) is 0 Å². The van der Waals surface area contributed by atoms with E-state index in [2.05, 4.69) is 0 Å². The zero-order valence-corrected chi connectivity index (χ0v) is 27.0. The molecule has 14 atom stereocenters. The molecule has 0 radical (unpaired) electrons. The molecule has 1 aliphatic carbocycles. The molecule has 18 N–H and O–H groups in total. The molecule has 22 heteroatoms. The summed E-state index contributed by atoms with van der Waals surface area (Å²) in [5.74, 6) is -3.33. The van der Waals surface area contributed by atoms with Gasteiger partial charge in [0.1, 0.15) is 48.8 Å². The zero-order chi connectivity index (χ0) is 38.0. The maximum absolute atomic E-state index is 10.2. The molecule has 0 aromatic carbocycles. The monoisotopic (exact) mass is 708 g/mol. The Kier molecular flexibility index (Phi) is 23.4. The van der Waals surface area contributed by atoms with Crippen molar-refractivity contribution in [3.63, 3.8) is 0 Å². The predicted molar refractivity (Wildman–Crippen MR) is 160 cm³/mol. The van der Waals surface area contributed by atoms with Crippen LogP contribution < -0.4 is 22.9 Å². The average molecular weight is 709 g/mol. The summed E-state index contributed by atoms with van der Waals surface area (Å²) in [6, 6.07) is -1.13. The number of carboxylic acid groups (broad SMARTS) is 4. The first-order valence-electron chi connectivity index (χ1n) is 14.4. The van der Waals surface area contributed by atoms with E-state index in [0.29, 0.717) is 0 Å². The first-order valence-corrected chi connectivity index (χ1v) is 14.4. The van der Waals surface area contributed by atoms with E-state index in [-0.39, 0.29) is 25.9 Å². The maximum atomic E-state index is 10.2. The molecule has 3 fully saturated rings. The molecule has 0 unspecified atom stereocenters. The van der Waals surface area contributed by atoms with E-state index in [9.17, 15) is 30.6 Å². The highest BCUT2D eigenvalue weighted by Crippen LogP contribution is 2.31. The largest absolute Gasteiger partial charge is 0.481 e. The molecule has 0 aromatic rings. The lowest BCUT2D eigenvalue weighted by molar-refractivity contribution is -0.323. The number of hydrogen-bond acceptors (Lipinski definition) is 18. The number of aliphatic hydroxyl groups excluding tert-OH is 6. The number of nitrogens with two attached hydrogens (primary N) is 4. The quantitative estimate of drug-likeness (QED) is 0.122. The first-order chi connectivity index (χ1) is 22.0. The summed E-state index contributed by atoms with van der Waals surface area (Å²) in [5.41, 5.74) is 23.4. The Morgan fingerprint density at radius 1 is 0.542 bits per heavy atom.